The molecule has 3 aliphatic rings. The summed E-state index contributed by atoms with van der Waals surface area (Å²) in [4.78, 5) is 24.4. The largest absolute Gasteiger partial charge is 0.450 e. The molecule has 0 aromatic rings. The first-order valence-electron chi connectivity index (χ1n) is 9.03. The first-order chi connectivity index (χ1) is 10.6. The van der Waals surface area contributed by atoms with Crippen molar-refractivity contribution in [3.05, 3.63) is 11.1 Å². The number of carbonyl (C=O) groups is 2. The lowest BCUT2D eigenvalue weighted by Gasteiger charge is -2.46. The Bertz CT molecular complexity index is 473. The number of hydrogen-bond donors (Lipinski definition) is 0. The van der Waals surface area contributed by atoms with Gasteiger partial charge in [0.25, 0.3) is 0 Å². The minimum atomic E-state index is -0.473. The van der Waals surface area contributed by atoms with Crippen LogP contribution in [-0.2, 0) is 14.3 Å². The molecule has 0 atom stereocenters. The SMILES string of the molecule is CC(=O)C1=C(C)C(C2CCCCC2)(C2CCCCC2)OC1=O. The van der Waals surface area contributed by atoms with Gasteiger partial charge in [0.2, 0.25) is 0 Å². The van der Waals surface area contributed by atoms with E-state index in [1.54, 1.807) is 0 Å². The highest BCUT2D eigenvalue weighted by Gasteiger charge is 2.55. The van der Waals surface area contributed by atoms with Gasteiger partial charge in [-0.3, -0.25) is 4.79 Å². The maximum absolute atomic E-state index is 12.4. The molecule has 3 rings (SSSR count). The van der Waals surface area contributed by atoms with Crippen molar-refractivity contribution in [3.63, 3.8) is 0 Å². The predicted octanol–water partition coefficient (Wildman–Crippen LogP) is 4.35. The zero-order chi connectivity index (χ0) is 15.7. The highest BCUT2D eigenvalue weighted by Crippen LogP contribution is 2.52. The summed E-state index contributed by atoms with van der Waals surface area (Å²) in [6, 6.07) is 0. The van der Waals surface area contributed by atoms with E-state index in [0.29, 0.717) is 17.4 Å². The molecule has 122 valence electrons. The second-order valence-electron chi connectivity index (χ2n) is 7.41. The van der Waals surface area contributed by atoms with E-state index in [1.165, 1.54) is 45.4 Å². The van der Waals surface area contributed by atoms with E-state index in [0.717, 1.165) is 31.3 Å². The molecule has 0 aromatic carbocycles. The Hall–Kier alpha value is -1.12. The van der Waals surface area contributed by atoms with Gasteiger partial charge in [0, 0.05) is 11.8 Å². The van der Waals surface area contributed by atoms with E-state index in [4.69, 9.17) is 4.74 Å². The van der Waals surface area contributed by atoms with Crippen LogP contribution < -0.4 is 0 Å². The van der Waals surface area contributed by atoms with Crippen molar-refractivity contribution in [2.24, 2.45) is 11.8 Å². The normalized spacial score (nSPS) is 27.1. The van der Waals surface area contributed by atoms with E-state index in [9.17, 15) is 9.59 Å². The summed E-state index contributed by atoms with van der Waals surface area (Å²) in [5, 5.41) is 0. The van der Waals surface area contributed by atoms with Crippen LogP contribution in [0.1, 0.15) is 78.1 Å². The van der Waals surface area contributed by atoms with Crippen LogP contribution in [-0.4, -0.2) is 17.4 Å². The lowest BCUT2D eigenvalue weighted by molar-refractivity contribution is -0.161. The molecule has 0 N–H and O–H groups in total. The predicted molar refractivity (Wildman–Crippen MR) is 85.4 cm³/mol. The van der Waals surface area contributed by atoms with Crippen LogP contribution in [0.15, 0.2) is 11.1 Å². The number of esters is 1. The van der Waals surface area contributed by atoms with Gasteiger partial charge in [-0.05, 0) is 45.1 Å². The second kappa shape index (κ2) is 6.17. The first-order valence-corrected chi connectivity index (χ1v) is 9.03. The second-order valence-corrected chi connectivity index (χ2v) is 7.41. The molecule has 0 aromatic heterocycles. The molecule has 0 unspecified atom stereocenters. The molecule has 3 heteroatoms. The lowest BCUT2D eigenvalue weighted by Crippen LogP contribution is -2.48. The van der Waals surface area contributed by atoms with Crippen LogP contribution in [0.5, 0.6) is 0 Å². The molecular weight excluding hydrogens is 276 g/mol. The Kier molecular flexibility index (Phi) is 4.42. The molecule has 3 nitrogen and oxygen atoms in total. The minimum Gasteiger partial charge on any atom is -0.450 e. The van der Waals surface area contributed by atoms with Crippen molar-refractivity contribution in [1.82, 2.24) is 0 Å². The van der Waals surface area contributed by atoms with Gasteiger partial charge in [-0.1, -0.05) is 38.5 Å². The van der Waals surface area contributed by atoms with Crippen LogP contribution in [0.3, 0.4) is 0 Å². The summed E-state index contributed by atoms with van der Waals surface area (Å²) in [5.41, 5.74) is 0.818. The van der Waals surface area contributed by atoms with Crippen LogP contribution in [0.2, 0.25) is 0 Å². The Morgan fingerprint density at radius 1 is 0.955 bits per heavy atom. The van der Waals surface area contributed by atoms with Gasteiger partial charge in [0.05, 0.1) is 0 Å². The van der Waals surface area contributed by atoms with Gasteiger partial charge in [-0.2, -0.15) is 0 Å². The molecule has 2 fully saturated rings. The summed E-state index contributed by atoms with van der Waals surface area (Å²) in [7, 11) is 0. The number of hydrogen-bond acceptors (Lipinski definition) is 3. The number of cyclic esters (lactones) is 1. The van der Waals surface area contributed by atoms with Gasteiger partial charge in [-0.15, -0.1) is 0 Å². The molecular formula is C19H28O3. The summed E-state index contributed by atoms with van der Waals surface area (Å²) >= 11 is 0. The summed E-state index contributed by atoms with van der Waals surface area (Å²) in [6.07, 6.45) is 12.0. The number of carbonyl (C=O) groups excluding carboxylic acids is 2. The standard InChI is InChI=1S/C19H28O3/c1-13-17(14(2)20)18(21)22-19(13,15-9-5-3-6-10-15)16-11-7-4-8-12-16/h15-16H,3-12H2,1-2H3. The summed E-state index contributed by atoms with van der Waals surface area (Å²) in [6.45, 7) is 3.49. The molecule has 2 aliphatic carbocycles. The third-order valence-corrected chi connectivity index (χ3v) is 6.20. The smallest absolute Gasteiger partial charge is 0.342 e. The average Bonchev–Trinajstić information content (AvgIpc) is 2.81. The van der Waals surface area contributed by atoms with Crippen molar-refractivity contribution in [2.45, 2.75) is 83.7 Å². The molecule has 0 bridgehead atoms. The molecule has 22 heavy (non-hydrogen) atoms. The van der Waals surface area contributed by atoms with E-state index in [1.807, 2.05) is 6.92 Å². The number of rotatable bonds is 3. The average molecular weight is 304 g/mol. The third kappa shape index (κ3) is 2.43. The van der Waals surface area contributed by atoms with Gasteiger partial charge in [0.15, 0.2) is 5.78 Å². The summed E-state index contributed by atoms with van der Waals surface area (Å²) < 4.78 is 6.08. The Morgan fingerprint density at radius 2 is 1.41 bits per heavy atom. The van der Waals surface area contributed by atoms with Gasteiger partial charge in [-0.25, -0.2) is 4.79 Å². The molecule has 1 heterocycles. The van der Waals surface area contributed by atoms with Crippen molar-refractivity contribution in [2.75, 3.05) is 0 Å². The van der Waals surface area contributed by atoms with E-state index < -0.39 is 5.60 Å². The van der Waals surface area contributed by atoms with Crippen LogP contribution in [0.25, 0.3) is 0 Å². The minimum absolute atomic E-state index is 0.129. The first kappa shape index (κ1) is 15.8. The van der Waals surface area contributed by atoms with E-state index >= 15 is 0 Å². The quantitative estimate of drug-likeness (QED) is 0.575. The van der Waals surface area contributed by atoms with Crippen molar-refractivity contribution < 1.29 is 14.3 Å². The highest BCUT2D eigenvalue weighted by atomic mass is 16.6. The Balaban J connectivity index is 2.03. The maximum atomic E-state index is 12.4. The molecule has 0 radical (unpaired) electrons. The fraction of sp³-hybridized carbons (Fsp3) is 0.789. The molecule has 0 amide bonds. The van der Waals surface area contributed by atoms with Crippen LogP contribution >= 0.6 is 0 Å². The third-order valence-electron chi connectivity index (χ3n) is 6.20. The number of ketones is 1. The number of ether oxygens (including phenoxy) is 1. The van der Waals surface area contributed by atoms with Crippen LogP contribution in [0.4, 0.5) is 0 Å². The van der Waals surface area contributed by atoms with Crippen molar-refractivity contribution in [3.8, 4) is 0 Å². The zero-order valence-electron chi connectivity index (χ0n) is 14.0. The van der Waals surface area contributed by atoms with Crippen molar-refractivity contribution >= 4 is 11.8 Å². The van der Waals surface area contributed by atoms with Gasteiger partial charge < -0.3 is 4.74 Å². The fourth-order valence-electron chi connectivity index (χ4n) is 5.21. The maximum Gasteiger partial charge on any atom is 0.342 e. The Labute approximate surface area is 133 Å². The fourth-order valence-corrected chi connectivity index (χ4v) is 5.21. The number of Topliss-reactive ketones (excluding diaryl/α,β-unsaturated/α-hetero) is 1. The van der Waals surface area contributed by atoms with E-state index in [-0.39, 0.29) is 11.8 Å². The lowest BCUT2D eigenvalue weighted by atomic mass is 9.63. The summed E-state index contributed by atoms with van der Waals surface area (Å²) in [5.74, 6) is 0.326. The van der Waals surface area contributed by atoms with Gasteiger partial charge in [0.1, 0.15) is 11.2 Å². The van der Waals surface area contributed by atoms with E-state index in [2.05, 4.69) is 0 Å². The highest BCUT2D eigenvalue weighted by molar-refractivity contribution is 6.18. The van der Waals surface area contributed by atoms with Gasteiger partial charge >= 0.3 is 5.97 Å². The molecule has 0 spiro atoms. The monoisotopic (exact) mass is 304 g/mol. The topological polar surface area (TPSA) is 43.4 Å². The molecule has 2 saturated carbocycles. The molecule has 1 aliphatic heterocycles. The van der Waals surface area contributed by atoms with Crippen molar-refractivity contribution in [1.29, 1.82) is 0 Å². The Morgan fingerprint density at radius 3 is 1.77 bits per heavy atom. The molecule has 0 saturated heterocycles. The zero-order valence-corrected chi connectivity index (χ0v) is 14.0. The van der Waals surface area contributed by atoms with Crippen LogP contribution in [0, 0.1) is 11.8 Å².